The van der Waals surface area contributed by atoms with Crippen molar-refractivity contribution in [1.82, 2.24) is 10.2 Å². The van der Waals surface area contributed by atoms with E-state index in [2.05, 4.69) is 10.1 Å². The molecule has 0 radical (unpaired) electrons. The Morgan fingerprint density at radius 3 is 2.24 bits per heavy atom. The Labute approximate surface area is 150 Å². The van der Waals surface area contributed by atoms with Crippen molar-refractivity contribution >= 4 is 35.5 Å². The molecule has 134 valence electrons. The summed E-state index contributed by atoms with van der Waals surface area (Å²) in [7, 11) is 1.22. The van der Waals surface area contributed by atoms with Crippen LogP contribution in [0.4, 0.5) is 0 Å². The summed E-state index contributed by atoms with van der Waals surface area (Å²) in [6.45, 7) is 1.48. The van der Waals surface area contributed by atoms with Crippen LogP contribution in [0.1, 0.15) is 34.1 Å². The highest BCUT2D eigenvalue weighted by Gasteiger charge is 2.42. The predicted octanol–water partition coefficient (Wildman–Crippen LogP) is 1.08. The molecule has 7 nitrogen and oxygen atoms in total. The normalized spacial score (nSPS) is 15.6. The van der Waals surface area contributed by atoms with Crippen molar-refractivity contribution in [2.24, 2.45) is 0 Å². The van der Waals surface area contributed by atoms with Crippen LogP contribution in [0, 0.1) is 0 Å². The second kappa shape index (κ2) is 8.15. The first-order valence-corrected chi connectivity index (χ1v) is 9.15. The van der Waals surface area contributed by atoms with Crippen molar-refractivity contribution in [3.63, 3.8) is 0 Å². The summed E-state index contributed by atoms with van der Waals surface area (Å²) in [5.41, 5.74) is 0.575. The summed E-state index contributed by atoms with van der Waals surface area (Å²) in [4.78, 5) is 50.4. The molecule has 25 heavy (non-hydrogen) atoms. The van der Waals surface area contributed by atoms with Crippen LogP contribution < -0.4 is 5.32 Å². The van der Waals surface area contributed by atoms with Gasteiger partial charge in [-0.3, -0.25) is 19.3 Å². The second-order valence-electron chi connectivity index (χ2n) is 5.58. The molecule has 0 bridgehead atoms. The van der Waals surface area contributed by atoms with Crippen LogP contribution in [0.5, 0.6) is 0 Å². The SMILES string of the molecule is COC(=O)[C@@H](C)NC(=O)[C@H](CCSC)N1C(=O)c2ccccc2C1=O. The lowest BCUT2D eigenvalue weighted by atomic mass is 10.1. The van der Waals surface area contributed by atoms with Crippen molar-refractivity contribution in [2.45, 2.75) is 25.4 Å². The average Bonchev–Trinajstić information content (AvgIpc) is 2.86. The minimum absolute atomic E-state index is 0.287. The Morgan fingerprint density at radius 1 is 1.20 bits per heavy atom. The van der Waals surface area contributed by atoms with Crippen LogP contribution in [-0.4, -0.2) is 59.8 Å². The number of hydrogen-bond donors (Lipinski definition) is 1. The quantitative estimate of drug-likeness (QED) is 0.575. The Kier molecular flexibility index (Phi) is 6.19. The Balaban J connectivity index is 2.26. The summed E-state index contributed by atoms with van der Waals surface area (Å²) in [6, 6.07) is 4.62. The van der Waals surface area contributed by atoms with E-state index in [-0.39, 0.29) is 11.1 Å². The largest absolute Gasteiger partial charge is 0.467 e. The number of thioether (sulfide) groups is 1. The summed E-state index contributed by atoms with van der Waals surface area (Å²) in [5.74, 6) is -1.56. The molecule has 0 unspecified atom stereocenters. The van der Waals surface area contributed by atoms with Gasteiger partial charge in [0.25, 0.3) is 11.8 Å². The van der Waals surface area contributed by atoms with Gasteiger partial charge < -0.3 is 10.1 Å². The molecule has 1 aliphatic rings. The maximum atomic E-state index is 12.6. The first kappa shape index (κ1) is 19.0. The van der Waals surface area contributed by atoms with Crippen LogP contribution in [0.2, 0.25) is 0 Å². The zero-order valence-electron chi connectivity index (χ0n) is 14.3. The number of amides is 3. The zero-order valence-corrected chi connectivity index (χ0v) is 15.1. The van der Waals surface area contributed by atoms with Gasteiger partial charge in [0, 0.05) is 0 Å². The number of imide groups is 1. The smallest absolute Gasteiger partial charge is 0.328 e. The van der Waals surface area contributed by atoms with Crippen molar-refractivity contribution in [1.29, 1.82) is 0 Å². The van der Waals surface area contributed by atoms with E-state index in [1.807, 2.05) is 6.26 Å². The number of esters is 1. The van der Waals surface area contributed by atoms with E-state index in [0.29, 0.717) is 12.2 Å². The number of methoxy groups -OCH3 is 1. The lowest BCUT2D eigenvalue weighted by molar-refractivity contribution is -0.145. The molecule has 0 spiro atoms. The van der Waals surface area contributed by atoms with Gasteiger partial charge in [0.2, 0.25) is 5.91 Å². The van der Waals surface area contributed by atoms with E-state index in [1.165, 1.54) is 25.8 Å². The fraction of sp³-hybridized carbons (Fsp3) is 0.412. The number of carbonyl (C=O) groups excluding carboxylic acids is 4. The first-order valence-electron chi connectivity index (χ1n) is 7.76. The van der Waals surface area contributed by atoms with E-state index in [4.69, 9.17) is 0 Å². The monoisotopic (exact) mass is 364 g/mol. The minimum Gasteiger partial charge on any atom is -0.467 e. The molecule has 8 heteroatoms. The lowest BCUT2D eigenvalue weighted by Gasteiger charge is -2.26. The molecule has 3 amide bonds. The summed E-state index contributed by atoms with van der Waals surface area (Å²) in [6.07, 6.45) is 2.17. The third-order valence-corrected chi connectivity index (χ3v) is 4.59. The molecule has 1 aromatic rings. The molecular weight excluding hydrogens is 344 g/mol. The molecule has 1 aliphatic heterocycles. The molecule has 1 aromatic carbocycles. The average molecular weight is 364 g/mol. The Bertz CT molecular complexity index is 671. The van der Waals surface area contributed by atoms with Gasteiger partial charge in [-0.25, -0.2) is 4.79 Å². The zero-order chi connectivity index (χ0) is 18.6. The second-order valence-corrected chi connectivity index (χ2v) is 6.56. The third-order valence-electron chi connectivity index (χ3n) is 3.95. The van der Waals surface area contributed by atoms with Gasteiger partial charge in [-0.2, -0.15) is 11.8 Å². The van der Waals surface area contributed by atoms with Gasteiger partial charge in [-0.15, -0.1) is 0 Å². The highest BCUT2D eigenvalue weighted by Crippen LogP contribution is 2.26. The molecule has 1 N–H and O–H groups in total. The first-order chi connectivity index (χ1) is 11.9. The number of benzene rings is 1. The molecule has 0 fully saturated rings. The number of carbonyl (C=O) groups is 4. The van der Waals surface area contributed by atoms with Gasteiger partial charge in [-0.1, -0.05) is 12.1 Å². The van der Waals surface area contributed by atoms with E-state index in [0.717, 1.165) is 4.90 Å². The van der Waals surface area contributed by atoms with Crippen LogP contribution >= 0.6 is 11.8 Å². The highest BCUT2D eigenvalue weighted by molar-refractivity contribution is 7.98. The topological polar surface area (TPSA) is 92.8 Å². The van der Waals surface area contributed by atoms with Gasteiger partial charge in [0.1, 0.15) is 12.1 Å². The summed E-state index contributed by atoms with van der Waals surface area (Å²) in [5, 5.41) is 2.52. The van der Waals surface area contributed by atoms with Gasteiger partial charge >= 0.3 is 5.97 Å². The van der Waals surface area contributed by atoms with E-state index >= 15 is 0 Å². The number of fused-ring (bicyclic) bond motifs is 1. The van der Waals surface area contributed by atoms with Crippen molar-refractivity contribution in [2.75, 3.05) is 19.1 Å². The Morgan fingerprint density at radius 2 is 1.76 bits per heavy atom. The van der Waals surface area contributed by atoms with Gasteiger partial charge in [-0.05, 0) is 37.5 Å². The fourth-order valence-corrected chi connectivity index (χ4v) is 3.10. The highest BCUT2D eigenvalue weighted by atomic mass is 32.2. The van der Waals surface area contributed by atoms with Crippen LogP contribution in [0.15, 0.2) is 24.3 Å². The van der Waals surface area contributed by atoms with Crippen molar-refractivity contribution in [3.8, 4) is 0 Å². The van der Waals surface area contributed by atoms with Crippen molar-refractivity contribution < 1.29 is 23.9 Å². The van der Waals surface area contributed by atoms with E-state index in [1.54, 1.807) is 24.3 Å². The lowest BCUT2D eigenvalue weighted by Crippen LogP contribution is -2.53. The predicted molar refractivity (Wildman–Crippen MR) is 93.3 cm³/mol. The molecule has 2 atom stereocenters. The number of ether oxygens (including phenoxy) is 1. The van der Waals surface area contributed by atoms with Crippen LogP contribution in [-0.2, 0) is 14.3 Å². The van der Waals surface area contributed by atoms with Crippen LogP contribution in [0.25, 0.3) is 0 Å². The number of hydrogen-bond acceptors (Lipinski definition) is 6. The maximum absolute atomic E-state index is 12.6. The standard InChI is InChI=1S/C17H20N2O5S/c1-10(17(23)24-2)18-14(20)13(8-9-25-3)19-15(21)11-6-4-5-7-12(11)16(19)22/h4-7,10,13H,8-9H2,1-3H3,(H,18,20)/t10-,13+/m1/s1. The van der Waals surface area contributed by atoms with E-state index in [9.17, 15) is 19.2 Å². The number of nitrogens with one attached hydrogen (secondary N) is 1. The molecule has 1 heterocycles. The molecule has 0 saturated heterocycles. The molecule has 2 rings (SSSR count). The molecule has 0 aromatic heterocycles. The number of rotatable bonds is 7. The molecular formula is C17H20N2O5S. The van der Waals surface area contributed by atoms with Crippen LogP contribution in [0.3, 0.4) is 0 Å². The Hall–Kier alpha value is -2.35. The fourth-order valence-electron chi connectivity index (χ4n) is 2.64. The minimum atomic E-state index is -0.980. The maximum Gasteiger partial charge on any atom is 0.328 e. The summed E-state index contributed by atoms with van der Waals surface area (Å²) < 4.78 is 4.59. The molecule has 0 aliphatic carbocycles. The number of nitrogens with zero attached hydrogens (tertiary/aromatic N) is 1. The summed E-state index contributed by atoms with van der Waals surface area (Å²) >= 11 is 1.50. The van der Waals surface area contributed by atoms with Gasteiger partial charge in [0.05, 0.1) is 18.2 Å². The third kappa shape index (κ3) is 3.84. The van der Waals surface area contributed by atoms with Crippen molar-refractivity contribution in [3.05, 3.63) is 35.4 Å². The van der Waals surface area contributed by atoms with E-state index < -0.39 is 35.8 Å². The van der Waals surface area contributed by atoms with Gasteiger partial charge in [0.15, 0.2) is 0 Å². The molecule has 0 saturated carbocycles.